The molecule has 2 heterocycles. The Labute approximate surface area is 428 Å². The third-order valence-corrected chi connectivity index (χ3v) is 13.7. The lowest BCUT2D eigenvalue weighted by atomic mass is 9.98. The van der Waals surface area contributed by atoms with E-state index in [9.17, 15) is 45.3 Å². The first-order chi connectivity index (χ1) is 34.5. The summed E-state index contributed by atoms with van der Waals surface area (Å²) in [4.78, 5) is 25.9. The molecule has 0 aromatic heterocycles. The number of esters is 2. The number of ether oxygens (including phenoxy) is 6. The van der Waals surface area contributed by atoms with Crippen LogP contribution in [-0.2, 0) is 38.0 Å². The highest BCUT2D eigenvalue weighted by molar-refractivity contribution is 5.70. The average Bonchev–Trinajstić information content (AvgIpc) is 3.36. The first-order valence-electron chi connectivity index (χ1n) is 28.4. The molecule has 2 rings (SSSR count). The molecule has 0 aliphatic carbocycles. The summed E-state index contributed by atoms with van der Waals surface area (Å²) < 4.78 is 33.7. The lowest BCUT2D eigenvalue weighted by Gasteiger charge is -2.42. The lowest BCUT2D eigenvalue weighted by Crippen LogP contribution is -2.61. The van der Waals surface area contributed by atoms with Crippen LogP contribution in [0.1, 0.15) is 226 Å². The molecule has 0 amide bonds. The van der Waals surface area contributed by atoms with E-state index < -0.39 is 92.7 Å². The SMILES string of the molecule is CCCCC/C=C\C/C=C\CCCCCCCCCC(=O)OC(COC(=O)CCCCCCCCCCCCCCCCCCCC)COC1OC(COC2OC(CO)C(O)C(O)C2O)C(O)C(O)C1O. The summed E-state index contributed by atoms with van der Waals surface area (Å²) in [5, 5.41) is 72.2. The highest BCUT2D eigenvalue weighted by atomic mass is 16.7. The van der Waals surface area contributed by atoms with E-state index in [4.69, 9.17) is 28.4 Å². The Bertz CT molecular complexity index is 1330. The second kappa shape index (κ2) is 43.2. The van der Waals surface area contributed by atoms with Gasteiger partial charge in [-0.2, -0.15) is 0 Å². The van der Waals surface area contributed by atoms with Crippen LogP contribution in [0.4, 0.5) is 0 Å². The molecule has 2 saturated heterocycles. The third-order valence-electron chi connectivity index (χ3n) is 13.7. The topological polar surface area (TPSA) is 231 Å². The van der Waals surface area contributed by atoms with Gasteiger partial charge in [-0.1, -0.05) is 192 Å². The highest BCUT2D eigenvalue weighted by Crippen LogP contribution is 2.27. The maximum absolute atomic E-state index is 13.0. The van der Waals surface area contributed by atoms with E-state index in [0.717, 1.165) is 64.2 Å². The van der Waals surface area contributed by atoms with Crippen molar-refractivity contribution in [1.29, 1.82) is 0 Å². The van der Waals surface area contributed by atoms with Gasteiger partial charge in [0, 0.05) is 12.8 Å². The van der Waals surface area contributed by atoms with E-state index in [2.05, 4.69) is 38.2 Å². The number of rotatable bonds is 45. The zero-order valence-electron chi connectivity index (χ0n) is 44.2. The van der Waals surface area contributed by atoms with Crippen molar-refractivity contribution in [3.05, 3.63) is 24.3 Å². The summed E-state index contributed by atoms with van der Waals surface area (Å²) in [6.07, 6.45) is 29.1. The maximum Gasteiger partial charge on any atom is 0.306 e. The number of hydrogen-bond donors (Lipinski definition) is 7. The maximum atomic E-state index is 13.0. The molecule has 11 atom stereocenters. The summed E-state index contributed by atoms with van der Waals surface area (Å²) in [5.74, 6) is -0.922. The van der Waals surface area contributed by atoms with Gasteiger partial charge in [0.05, 0.1) is 19.8 Å². The monoisotopic (exact) mass is 1010 g/mol. The number of unbranched alkanes of at least 4 members (excludes halogenated alkanes) is 27. The van der Waals surface area contributed by atoms with Gasteiger partial charge in [-0.3, -0.25) is 9.59 Å². The van der Waals surface area contributed by atoms with Gasteiger partial charge in [0.1, 0.15) is 55.4 Å². The predicted octanol–water partition coefficient (Wildman–Crippen LogP) is 9.11. The number of aliphatic hydroxyl groups excluding tert-OH is 7. The zero-order chi connectivity index (χ0) is 51.7. The predicted molar refractivity (Wildman–Crippen MR) is 275 cm³/mol. The molecular weight excluding hydrogens is 913 g/mol. The number of carbonyl (C=O) groups excluding carboxylic acids is 2. The van der Waals surface area contributed by atoms with Crippen molar-refractivity contribution in [3.63, 3.8) is 0 Å². The fraction of sp³-hybridized carbons (Fsp3) is 0.893. The minimum atomic E-state index is -1.76. The molecule has 7 N–H and O–H groups in total. The molecule has 11 unspecified atom stereocenters. The highest BCUT2D eigenvalue weighted by Gasteiger charge is 2.47. The Morgan fingerprint density at radius 2 is 0.845 bits per heavy atom. The molecule has 416 valence electrons. The summed E-state index contributed by atoms with van der Waals surface area (Å²) >= 11 is 0. The summed E-state index contributed by atoms with van der Waals surface area (Å²) in [6, 6.07) is 0. The summed E-state index contributed by atoms with van der Waals surface area (Å²) in [5.41, 5.74) is 0. The fourth-order valence-electron chi connectivity index (χ4n) is 9.01. The lowest BCUT2D eigenvalue weighted by molar-refractivity contribution is -0.332. The Kier molecular flexibility index (Phi) is 39.6. The van der Waals surface area contributed by atoms with E-state index >= 15 is 0 Å². The zero-order valence-corrected chi connectivity index (χ0v) is 44.2. The summed E-state index contributed by atoms with van der Waals surface area (Å²) in [7, 11) is 0. The Hall–Kier alpha value is -2.02. The molecule has 15 heteroatoms. The second-order valence-electron chi connectivity index (χ2n) is 20.1. The molecule has 0 aromatic rings. The van der Waals surface area contributed by atoms with Gasteiger partial charge in [0.2, 0.25) is 0 Å². The number of aliphatic hydroxyl groups is 7. The largest absolute Gasteiger partial charge is 0.462 e. The van der Waals surface area contributed by atoms with Gasteiger partial charge in [-0.05, 0) is 44.9 Å². The fourth-order valence-corrected chi connectivity index (χ4v) is 9.01. The van der Waals surface area contributed by atoms with E-state index in [1.165, 1.54) is 122 Å². The van der Waals surface area contributed by atoms with Crippen molar-refractivity contribution in [2.24, 2.45) is 0 Å². The molecular formula is C56H102O15. The number of hydrogen-bond acceptors (Lipinski definition) is 15. The van der Waals surface area contributed by atoms with Gasteiger partial charge >= 0.3 is 11.9 Å². The van der Waals surface area contributed by atoms with Gasteiger partial charge in [0.25, 0.3) is 0 Å². The van der Waals surface area contributed by atoms with Gasteiger partial charge in [-0.15, -0.1) is 0 Å². The minimum Gasteiger partial charge on any atom is -0.462 e. The average molecular weight is 1020 g/mol. The Balaban J connectivity index is 1.76. The molecule has 2 aliphatic heterocycles. The molecule has 2 fully saturated rings. The van der Waals surface area contributed by atoms with E-state index in [1.54, 1.807) is 0 Å². The van der Waals surface area contributed by atoms with Crippen molar-refractivity contribution in [2.75, 3.05) is 26.4 Å². The van der Waals surface area contributed by atoms with E-state index in [1.807, 2.05) is 0 Å². The number of carbonyl (C=O) groups is 2. The third kappa shape index (κ3) is 30.8. The van der Waals surface area contributed by atoms with Crippen LogP contribution in [0.15, 0.2) is 24.3 Å². The van der Waals surface area contributed by atoms with E-state index in [-0.39, 0.29) is 26.1 Å². The van der Waals surface area contributed by atoms with Crippen LogP contribution in [0.3, 0.4) is 0 Å². The molecule has 71 heavy (non-hydrogen) atoms. The van der Waals surface area contributed by atoms with Crippen molar-refractivity contribution in [3.8, 4) is 0 Å². The summed E-state index contributed by atoms with van der Waals surface area (Å²) in [6.45, 7) is 2.60. The van der Waals surface area contributed by atoms with Gasteiger partial charge < -0.3 is 64.2 Å². The normalized spacial score (nSPS) is 25.3. The molecule has 0 spiro atoms. The molecule has 0 saturated carbocycles. The van der Waals surface area contributed by atoms with Crippen LogP contribution in [0.2, 0.25) is 0 Å². The quantitative estimate of drug-likeness (QED) is 0.0171. The van der Waals surface area contributed by atoms with E-state index in [0.29, 0.717) is 12.8 Å². The first kappa shape index (κ1) is 65.1. The van der Waals surface area contributed by atoms with Crippen molar-refractivity contribution < 1.29 is 73.8 Å². The molecule has 0 radical (unpaired) electrons. The van der Waals surface area contributed by atoms with Crippen LogP contribution in [-0.4, -0.2) is 142 Å². The second-order valence-corrected chi connectivity index (χ2v) is 20.1. The Morgan fingerprint density at radius 1 is 0.451 bits per heavy atom. The standard InChI is InChI=1S/C56H102O15/c1-3-5-7-9-11-13-15-17-19-21-23-24-26-28-30-32-34-36-38-47(58)66-41-44(69-48(59)39-37-35-33-31-29-27-25-22-20-18-16-14-12-10-8-6-4-2)42-67-55-54(65)52(63)50(61)46(71-55)43-68-56-53(64)51(62)49(60)45(40-57)70-56/h12,14,18,20,44-46,49-57,60-65H,3-11,13,15-17,19,21-43H2,1-2H3/b14-12-,20-18-. The Morgan fingerprint density at radius 3 is 1.34 bits per heavy atom. The molecule has 0 aromatic carbocycles. The van der Waals surface area contributed by atoms with Crippen LogP contribution in [0.5, 0.6) is 0 Å². The minimum absolute atomic E-state index is 0.159. The van der Waals surface area contributed by atoms with Crippen LogP contribution in [0, 0.1) is 0 Å². The first-order valence-corrected chi connectivity index (χ1v) is 28.4. The van der Waals surface area contributed by atoms with Gasteiger partial charge in [-0.25, -0.2) is 0 Å². The van der Waals surface area contributed by atoms with Crippen LogP contribution in [0.25, 0.3) is 0 Å². The van der Waals surface area contributed by atoms with Gasteiger partial charge in [0.15, 0.2) is 18.7 Å². The van der Waals surface area contributed by atoms with Crippen molar-refractivity contribution in [2.45, 2.75) is 293 Å². The van der Waals surface area contributed by atoms with Crippen molar-refractivity contribution >= 4 is 11.9 Å². The molecule has 2 aliphatic rings. The molecule has 15 nitrogen and oxygen atoms in total. The van der Waals surface area contributed by atoms with Crippen LogP contribution < -0.4 is 0 Å². The van der Waals surface area contributed by atoms with Crippen LogP contribution >= 0.6 is 0 Å². The van der Waals surface area contributed by atoms with Crippen molar-refractivity contribution in [1.82, 2.24) is 0 Å². The molecule has 0 bridgehead atoms. The smallest absolute Gasteiger partial charge is 0.306 e. The number of allylic oxidation sites excluding steroid dienone is 4.